The molecule has 1 aromatic rings. The van der Waals surface area contributed by atoms with E-state index in [-0.39, 0.29) is 11.9 Å². The van der Waals surface area contributed by atoms with E-state index in [9.17, 15) is 4.79 Å². The number of halogens is 1. The van der Waals surface area contributed by atoms with E-state index in [0.717, 1.165) is 31.5 Å². The summed E-state index contributed by atoms with van der Waals surface area (Å²) in [6.07, 6.45) is 2.19. The Balaban J connectivity index is 2.14. The van der Waals surface area contributed by atoms with Gasteiger partial charge >= 0.3 is 0 Å². The number of likely N-dealkylation sites (N-methyl/N-ethyl adjacent to an activating group) is 1. The first-order valence-electron chi connectivity index (χ1n) is 6.33. The lowest BCUT2D eigenvalue weighted by Crippen LogP contribution is -2.46. The molecule has 0 bridgehead atoms. The van der Waals surface area contributed by atoms with Gasteiger partial charge in [-0.2, -0.15) is 0 Å². The number of nitrogens with one attached hydrogen (secondary N) is 1. The van der Waals surface area contributed by atoms with Crippen molar-refractivity contribution in [2.24, 2.45) is 0 Å². The highest BCUT2D eigenvalue weighted by molar-refractivity contribution is 6.31. The van der Waals surface area contributed by atoms with Gasteiger partial charge in [0.15, 0.2) is 0 Å². The maximum atomic E-state index is 12.4. The van der Waals surface area contributed by atoms with Crippen LogP contribution in [0.5, 0.6) is 0 Å². The van der Waals surface area contributed by atoms with E-state index >= 15 is 0 Å². The molecule has 4 heteroatoms. The molecule has 0 radical (unpaired) electrons. The van der Waals surface area contributed by atoms with E-state index in [1.54, 1.807) is 6.07 Å². The predicted octanol–water partition coefficient (Wildman–Crippen LogP) is 2.47. The van der Waals surface area contributed by atoms with Gasteiger partial charge in [-0.3, -0.25) is 4.79 Å². The van der Waals surface area contributed by atoms with Gasteiger partial charge in [-0.1, -0.05) is 11.6 Å². The minimum absolute atomic E-state index is 0.0503. The van der Waals surface area contributed by atoms with Crippen LogP contribution in [-0.2, 0) is 0 Å². The minimum Gasteiger partial charge on any atom is -0.337 e. The number of carbonyl (C=O) groups is 1. The third-order valence-corrected chi connectivity index (χ3v) is 3.65. The monoisotopic (exact) mass is 266 g/mol. The van der Waals surface area contributed by atoms with Crippen LogP contribution >= 0.6 is 11.6 Å². The van der Waals surface area contributed by atoms with Crippen LogP contribution in [0.1, 0.15) is 28.8 Å². The molecule has 0 aliphatic carbocycles. The Bertz CT molecular complexity index is 421. The molecule has 1 fully saturated rings. The fourth-order valence-corrected chi connectivity index (χ4v) is 2.68. The highest BCUT2D eigenvalue weighted by Gasteiger charge is 2.23. The van der Waals surface area contributed by atoms with Crippen LogP contribution in [0.3, 0.4) is 0 Å². The van der Waals surface area contributed by atoms with Crippen LogP contribution in [0.4, 0.5) is 0 Å². The Kier molecular flexibility index (Phi) is 4.25. The fourth-order valence-electron chi connectivity index (χ4n) is 2.39. The van der Waals surface area contributed by atoms with Crippen molar-refractivity contribution in [3.05, 3.63) is 34.3 Å². The Morgan fingerprint density at radius 3 is 2.83 bits per heavy atom. The van der Waals surface area contributed by atoms with Crippen LogP contribution < -0.4 is 5.32 Å². The van der Waals surface area contributed by atoms with Gasteiger partial charge in [0.25, 0.3) is 5.91 Å². The van der Waals surface area contributed by atoms with Gasteiger partial charge in [-0.25, -0.2) is 0 Å². The third-order valence-electron chi connectivity index (χ3n) is 3.43. The van der Waals surface area contributed by atoms with Gasteiger partial charge in [0.05, 0.1) is 0 Å². The molecule has 1 atom stereocenters. The summed E-state index contributed by atoms with van der Waals surface area (Å²) in [7, 11) is 1.87. The second kappa shape index (κ2) is 5.72. The van der Waals surface area contributed by atoms with Gasteiger partial charge in [-0.05, 0) is 50.1 Å². The molecule has 1 amide bonds. The lowest BCUT2D eigenvalue weighted by molar-refractivity contribution is 0.0708. The highest BCUT2D eigenvalue weighted by Crippen LogP contribution is 2.18. The Labute approximate surface area is 113 Å². The van der Waals surface area contributed by atoms with Gasteiger partial charge in [0.2, 0.25) is 0 Å². The lowest BCUT2D eigenvalue weighted by Gasteiger charge is -2.31. The standard InChI is InChI=1S/C14H19ClN2O/c1-10-6-11(8-12(15)7-10)14(18)17(2)13-4-3-5-16-9-13/h6-8,13,16H,3-5,9H2,1-2H3. The Hall–Kier alpha value is -1.06. The largest absolute Gasteiger partial charge is 0.337 e. The van der Waals surface area contributed by atoms with Crippen molar-refractivity contribution in [3.63, 3.8) is 0 Å². The van der Waals surface area contributed by atoms with Crippen molar-refractivity contribution >= 4 is 17.5 Å². The molecule has 18 heavy (non-hydrogen) atoms. The number of nitrogens with zero attached hydrogens (tertiary/aromatic N) is 1. The van der Waals surface area contributed by atoms with E-state index < -0.39 is 0 Å². The molecule has 1 aromatic carbocycles. The Morgan fingerprint density at radius 2 is 2.22 bits per heavy atom. The van der Waals surface area contributed by atoms with Crippen molar-refractivity contribution in [1.29, 1.82) is 0 Å². The van der Waals surface area contributed by atoms with Crippen LogP contribution in [-0.4, -0.2) is 37.0 Å². The summed E-state index contributed by atoms with van der Waals surface area (Å²) in [5, 5.41) is 3.94. The number of piperidine rings is 1. The van der Waals surface area contributed by atoms with Crippen LogP contribution in [0.2, 0.25) is 5.02 Å². The molecule has 1 unspecified atom stereocenters. The molecule has 98 valence electrons. The minimum atomic E-state index is 0.0503. The normalized spacial score (nSPS) is 19.6. The topological polar surface area (TPSA) is 32.3 Å². The summed E-state index contributed by atoms with van der Waals surface area (Å²) >= 11 is 6.00. The molecular formula is C14H19ClN2O. The number of carbonyl (C=O) groups excluding carboxylic acids is 1. The van der Waals surface area contributed by atoms with Crippen molar-refractivity contribution in [1.82, 2.24) is 10.2 Å². The molecule has 1 heterocycles. The molecular weight excluding hydrogens is 248 g/mol. The highest BCUT2D eigenvalue weighted by atomic mass is 35.5. The molecule has 1 aliphatic rings. The number of hydrogen-bond acceptors (Lipinski definition) is 2. The number of hydrogen-bond donors (Lipinski definition) is 1. The van der Waals surface area contributed by atoms with E-state index in [1.165, 1.54) is 0 Å². The molecule has 0 spiro atoms. The van der Waals surface area contributed by atoms with Crippen LogP contribution in [0.15, 0.2) is 18.2 Å². The van der Waals surface area contributed by atoms with Crippen LogP contribution in [0, 0.1) is 6.92 Å². The first-order chi connectivity index (χ1) is 8.58. The van der Waals surface area contributed by atoms with Crippen molar-refractivity contribution in [2.75, 3.05) is 20.1 Å². The summed E-state index contributed by atoms with van der Waals surface area (Å²) in [6.45, 7) is 3.88. The van der Waals surface area contributed by atoms with Gasteiger partial charge in [0, 0.05) is 30.2 Å². The quantitative estimate of drug-likeness (QED) is 0.892. The SMILES string of the molecule is Cc1cc(Cl)cc(C(=O)N(C)C2CCCNC2)c1. The molecule has 0 saturated carbocycles. The van der Waals surface area contributed by atoms with Gasteiger partial charge < -0.3 is 10.2 Å². The van der Waals surface area contributed by atoms with Crippen molar-refractivity contribution < 1.29 is 4.79 Å². The van der Waals surface area contributed by atoms with Gasteiger partial charge in [0.1, 0.15) is 0 Å². The first kappa shape index (κ1) is 13.4. The molecule has 1 N–H and O–H groups in total. The third kappa shape index (κ3) is 3.03. The van der Waals surface area contributed by atoms with Crippen LogP contribution in [0.25, 0.3) is 0 Å². The molecule has 3 nitrogen and oxygen atoms in total. The second-order valence-corrected chi connectivity index (χ2v) is 5.37. The number of aryl methyl sites for hydroxylation is 1. The van der Waals surface area contributed by atoms with Crippen molar-refractivity contribution in [2.45, 2.75) is 25.8 Å². The number of benzene rings is 1. The van der Waals surface area contributed by atoms with Crippen molar-refractivity contribution in [3.8, 4) is 0 Å². The molecule has 2 rings (SSSR count). The molecule has 1 saturated heterocycles. The van der Waals surface area contributed by atoms with E-state index in [4.69, 9.17) is 11.6 Å². The second-order valence-electron chi connectivity index (χ2n) is 4.93. The zero-order valence-corrected chi connectivity index (χ0v) is 11.6. The average molecular weight is 267 g/mol. The molecule has 1 aliphatic heterocycles. The zero-order valence-electron chi connectivity index (χ0n) is 10.9. The number of amides is 1. The summed E-state index contributed by atoms with van der Waals surface area (Å²) in [5.74, 6) is 0.0503. The summed E-state index contributed by atoms with van der Waals surface area (Å²) < 4.78 is 0. The average Bonchev–Trinajstić information content (AvgIpc) is 2.37. The predicted molar refractivity (Wildman–Crippen MR) is 74.2 cm³/mol. The fraction of sp³-hybridized carbons (Fsp3) is 0.500. The maximum Gasteiger partial charge on any atom is 0.253 e. The lowest BCUT2D eigenvalue weighted by atomic mass is 10.0. The van der Waals surface area contributed by atoms with E-state index in [1.807, 2.05) is 31.0 Å². The van der Waals surface area contributed by atoms with E-state index in [0.29, 0.717) is 10.6 Å². The molecule has 0 aromatic heterocycles. The summed E-state index contributed by atoms with van der Waals surface area (Å²) in [4.78, 5) is 14.2. The summed E-state index contributed by atoms with van der Waals surface area (Å²) in [6, 6.07) is 5.77. The first-order valence-corrected chi connectivity index (χ1v) is 6.71. The van der Waals surface area contributed by atoms with E-state index in [2.05, 4.69) is 5.32 Å². The maximum absolute atomic E-state index is 12.4. The Morgan fingerprint density at radius 1 is 1.44 bits per heavy atom. The van der Waals surface area contributed by atoms with Gasteiger partial charge in [-0.15, -0.1) is 0 Å². The zero-order chi connectivity index (χ0) is 13.1. The summed E-state index contributed by atoms with van der Waals surface area (Å²) in [5.41, 5.74) is 1.69. The smallest absolute Gasteiger partial charge is 0.253 e. The number of rotatable bonds is 2.